The van der Waals surface area contributed by atoms with Gasteiger partial charge in [-0.2, -0.15) is 0 Å². The minimum Gasteiger partial charge on any atom is -0.508 e. The Kier molecular flexibility index (Phi) is 3.40. The van der Waals surface area contributed by atoms with Crippen LogP contribution in [0.1, 0.15) is 29.7 Å². The molecular formula is C15H13BrFNO2. The molecule has 0 saturated carbocycles. The second kappa shape index (κ2) is 5.07. The summed E-state index contributed by atoms with van der Waals surface area (Å²) in [6, 6.07) is 9.38. The first-order valence-corrected chi connectivity index (χ1v) is 7.03. The van der Waals surface area contributed by atoms with Gasteiger partial charge in [-0.3, -0.25) is 0 Å². The Hall–Kier alpha value is -1.59. The lowest BCUT2D eigenvalue weighted by Crippen LogP contribution is -2.24. The topological polar surface area (TPSA) is 55.5 Å². The van der Waals surface area contributed by atoms with E-state index in [-0.39, 0.29) is 17.9 Å². The first-order chi connectivity index (χ1) is 9.52. The predicted octanol–water partition coefficient (Wildman–Crippen LogP) is 3.82. The minimum atomic E-state index is -0.487. The molecule has 3 nitrogen and oxygen atoms in total. The van der Waals surface area contributed by atoms with Gasteiger partial charge in [-0.1, -0.05) is 15.9 Å². The highest BCUT2D eigenvalue weighted by Crippen LogP contribution is 2.41. The maximum atomic E-state index is 13.4. The number of nitrogens with two attached hydrogens (primary N) is 1. The van der Waals surface area contributed by atoms with Crippen molar-refractivity contribution in [2.45, 2.75) is 18.6 Å². The standard InChI is InChI=1S/C15H13BrFNO2/c16-9-1-2-14-12(5-9)13(18)7-15(20-14)8-3-10(17)6-11(19)4-8/h1-6,13,15,19H,7,18H2/t13-,15?/m1/s1. The van der Waals surface area contributed by atoms with Crippen molar-refractivity contribution in [1.82, 2.24) is 0 Å². The van der Waals surface area contributed by atoms with Gasteiger partial charge in [0.15, 0.2) is 0 Å². The smallest absolute Gasteiger partial charge is 0.127 e. The van der Waals surface area contributed by atoms with E-state index in [1.807, 2.05) is 18.2 Å². The average molecular weight is 338 g/mol. The molecule has 1 heterocycles. The van der Waals surface area contributed by atoms with Gasteiger partial charge in [0.05, 0.1) is 0 Å². The molecule has 0 amide bonds. The quantitative estimate of drug-likeness (QED) is 0.831. The van der Waals surface area contributed by atoms with E-state index in [1.54, 1.807) is 0 Å². The molecule has 1 unspecified atom stereocenters. The summed E-state index contributed by atoms with van der Waals surface area (Å²) in [5, 5.41) is 9.49. The molecular weight excluding hydrogens is 325 g/mol. The number of halogens is 2. The van der Waals surface area contributed by atoms with Gasteiger partial charge in [0.2, 0.25) is 0 Å². The van der Waals surface area contributed by atoms with Gasteiger partial charge in [-0.05, 0) is 35.9 Å². The van der Waals surface area contributed by atoms with Crippen molar-refractivity contribution in [2.24, 2.45) is 5.73 Å². The molecule has 0 fully saturated rings. The summed E-state index contributed by atoms with van der Waals surface area (Å²) in [4.78, 5) is 0. The highest BCUT2D eigenvalue weighted by atomic mass is 79.9. The summed E-state index contributed by atoms with van der Waals surface area (Å²) in [7, 11) is 0. The van der Waals surface area contributed by atoms with E-state index in [0.717, 1.165) is 16.1 Å². The molecule has 1 aliphatic rings. The van der Waals surface area contributed by atoms with Crippen LogP contribution in [0.15, 0.2) is 40.9 Å². The second-order valence-corrected chi connectivity index (χ2v) is 5.79. The fraction of sp³-hybridized carbons (Fsp3) is 0.200. The van der Waals surface area contributed by atoms with E-state index >= 15 is 0 Å². The maximum absolute atomic E-state index is 13.4. The van der Waals surface area contributed by atoms with Crippen LogP contribution in [0.3, 0.4) is 0 Å². The number of aromatic hydroxyl groups is 1. The number of benzene rings is 2. The third-order valence-electron chi connectivity index (χ3n) is 3.39. The number of hydrogen-bond acceptors (Lipinski definition) is 3. The maximum Gasteiger partial charge on any atom is 0.127 e. The number of hydrogen-bond donors (Lipinski definition) is 2. The van der Waals surface area contributed by atoms with E-state index in [9.17, 15) is 9.50 Å². The van der Waals surface area contributed by atoms with Gasteiger partial charge in [-0.25, -0.2) is 4.39 Å². The summed E-state index contributed by atoms with van der Waals surface area (Å²) >= 11 is 3.40. The zero-order valence-electron chi connectivity index (χ0n) is 10.5. The molecule has 2 aromatic carbocycles. The average Bonchev–Trinajstić information content (AvgIpc) is 2.38. The van der Waals surface area contributed by atoms with Crippen LogP contribution in [0.5, 0.6) is 11.5 Å². The van der Waals surface area contributed by atoms with Crippen LogP contribution in [0, 0.1) is 5.82 Å². The summed E-state index contributed by atoms with van der Waals surface area (Å²) in [5.41, 5.74) is 7.68. The van der Waals surface area contributed by atoms with Gasteiger partial charge in [0.25, 0.3) is 0 Å². The molecule has 3 N–H and O–H groups in total. The Labute approximate surface area is 124 Å². The molecule has 2 atom stereocenters. The Morgan fingerprint density at radius 3 is 2.80 bits per heavy atom. The summed E-state index contributed by atoms with van der Waals surface area (Å²) < 4.78 is 20.2. The molecule has 3 rings (SSSR count). The minimum absolute atomic E-state index is 0.112. The van der Waals surface area contributed by atoms with Gasteiger partial charge in [0.1, 0.15) is 23.4 Å². The molecule has 20 heavy (non-hydrogen) atoms. The van der Waals surface area contributed by atoms with E-state index in [4.69, 9.17) is 10.5 Å². The van der Waals surface area contributed by atoms with Crippen molar-refractivity contribution in [3.8, 4) is 11.5 Å². The first-order valence-electron chi connectivity index (χ1n) is 6.24. The van der Waals surface area contributed by atoms with Crippen LogP contribution in [0.25, 0.3) is 0 Å². The fourth-order valence-electron chi connectivity index (χ4n) is 2.46. The van der Waals surface area contributed by atoms with E-state index in [1.165, 1.54) is 12.1 Å². The van der Waals surface area contributed by atoms with E-state index < -0.39 is 5.82 Å². The van der Waals surface area contributed by atoms with E-state index in [2.05, 4.69) is 15.9 Å². The van der Waals surface area contributed by atoms with Gasteiger partial charge in [-0.15, -0.1) is 0 Å². The molecule has 0 aliphatic carbocycles. The molecule has 2 aromatic rings. The highest BCUT2D eigenvalue weighted by Gasteiger charge is 2.27. The molecule has 5 heteroatoms. The van der Waals surface area contributed by atoms with E-state index in [0.29, 0.717) is 17.7 Å². The monoisotopic (exact) mass is 337 g/mol. The molecule has 104 valence electrons. The van der Waals surface area contributed by atoms with Crippen LogP contribution in [-0.2, 0) is 0 Å². The van der Waals surface area contributed by atoms with Crippen LogP contribution in [0.4, 0.5) is 4.39 Å². The normalized spacial score (nSPS) is 21.1. The second-order valence-electron chi connectivity index (χ2n) is 4.87. The van der Waals surface area contributed by atoms with Crippen molar-refractivity contribution in [3.63, 3.8) is 0 Å². The van der Waals surface area contributed by atoms with Crippen LogP contribution in [-0.4, -0.2) is 5.11 Å². The van der Waals surface area contributed by atoms with Crippen molar-refractivity contribution < 1.29 is 14.2 Å². The molecule has 0 spiro atoms. The molecule has 0 bridgehead atoms. The van der Waals surface area contributed by atoms with Crippen molar-refractivity contribution in [2.75, 3.05) is 0 Å². The third kappa shape index (κ3) is 2.51. The van der Waals surface area contributed by atoms with Crippen LogP contribution >= 0.6 is 15.9 Å². The number of rotatable bonds is 1. The summed E-state index contributed by atoms with van der Waals surface area (Å²) in [6.45, 7) is 0. The van der Waals surface area contributed by atoms with Crippen molar-refractivity contribution >= 4 is 15.9 Å². The molecule has 1 aliphatic heterocycles. The Morgan fingerprint density at radius 2 is 2.05 bits per heavy atom. The fourth-order valence-corrected chi connectivity index (χ4v) is 2.84. The SMILES string of the molecule is N[C@@H]1CC(c2cc(O)cc(F)c2)Oc2ccc(Br)cc21. The molecule has 0 aromatic heterocycles. The molecule has 0 radical (unpaired) electrons. The highest BCUT2D eigenvalue weighted by molar-refractivity contribution is 9.10. The number of phenolic OH excluding ortho intramolecular Hbond substituents is 1. The zero-order chi connectivity index (χ0) is 14.3. The van der Waals surface area contributed by atoms with Crippen molar-refractivity contribution in [1.29, 1.82) is 0 Å². The molecule has 0 saturated heterocycles. The van der Waals surface area contributed by atoms with Crippen molar-refractivity contribution in [3.05, 3.63) is 57.8 Å². The largest absolute Gasteiger partial charge is 0.508 e. The van der Waals surface area contributed by atoms with Crippen LogP contribution in [0.2, 0.25) is 0 Å². The zero-order valence-corrected chi connectivity index (χ0v) is 12.1. The van der Waals surface area contributed by atoms with Gasteiger partial charge in [0, 0.05) is 28.6 Å². The number of phenols is 1. The predicted molar refractivity (Wildman–Crippen MR) is 77.1 cm³/mol. The summed E-state index contributed by atoms with van der Waals surface area (Å²) in [6.07, 6.45) is 0.173. The third-order valence-corrected chi connectivity index (χ3v) is 3.88. The van der Waals surface area contributed by atoms with Gasteiger partial charge < -0.3 is 15.6 Å². The summed E-state index contributed by atoms with van der Waals surface area (Å²) in [5.74, 6) is 0.0956. The Morgan fingerprint density at radius 1 is 1.25 bits per heavy atom. The lowest BCUT2D eigenvalue weighted by molar-refractivity contribution is 0.161. The number of ether oxygens (including phenoxy) is 1. The first kappa shape index (κ1) is 13.4. The Balaban J connectivity index is 1.96. The Bertz CT molecular complexity index is 642. The number of fused-ring (bicyclic) bond motifs is 1. The van der Waals surface area contributed by atoms with Crippen LogP contribution < -0.4 is 10.5 Å². The van der Waals surface area contributed by atoms with Gasteiger partial charge >= 0.3 is 0 Å². The lowest BCUT2D eigenvalue weighted by Gasteiger charge is -2.30. The lowest BCUT2D eigenvalue weighted by atomic mass is 9.93.